The maximum Gasteiger partial charge on any atom is 0.425 e. The van der Waals surface area contributed by atoms with Crippen molar-refractivity contribution in [2.24, 2.45) is 0 Å². The summed E-state index contributed by atoms with van der Waals surface area (Å²) in [6, 6.07) is 5.57. The molecule has 0 bridgehead atoms. The van der Waals surface area contributed by atoms with Gasteiger partial charge in [-0.2, -0.15) is 13.2 Å². The molecule has 2 rings (SSSR count). The highest BCUT2D eigenvalue weighted by molar-refractivity contribution is 7.19. The molecule has 0 spiro atoms. The van der Waals surface area contributed by atoms with E-state index in [2.05, 4.69) is 0 Å². The zero-order chi connectivity index (χ0) is 11.1. The van der Waals surface area contributed by atoms with E-state index in [1.54, 1.807) is 0 Å². The molecule has 0 saturated carbocycles. The van der Waals surface area contributed by atoms with Crippen LogP contribution in [0.4, 0.5) is 13.2 Å². The number of hydrogen-bond donors (Lipinski definition) is 0. The van der Waals surface area contributed by atoms with Gasteiger partial charge in [-0.15, -0.1) is 11.3 Å². The van der Waals surface area contributed by atoms with E-state index in [4.69, 9.17) is 0 Å². The molecule has 0 aliphatic carbocycles. The maximum atomic E-state index is 12.3. The minimum atomic E-state index is -4.31. The fourth-order valence-electron chi connectivity index (χ4n) is 1.26. The third kappa shape index (κ3) is 1.87. The summed E-state index contributed by atoms with van der Waals surface area (Å²) in [6.07, 6.45) is -3.70. The van der Waals surface area contributed by atoms with Gasteiger partial charge in [-0.3, -0.25) is 4.79 Å². The van der Waals surface area contributed by atoms with Gasteiger partial charge in [-0.1, -0.05) is 12.1 Å². The zero-order valence-corrected chi connectivity index (χ0v) is 8.15. The second-order valence-electron chi connectivity index (χ2n) is 3.02. The Kier molecular flexibility index (Phi) is 2.26. The number of rotatable bonds is 1. The maximum absolute atomic E-state index is 12.3. The van der Waals surface area contributed by atoms with E-state index in [1.165, 1.54) is 18.2 Å². The predicted octanol–water partition coefficient (Wildman–Crippen LogP) is 3.73. The Hall–Kier alpha value is -1.36. The third-order valence-corrected chi connectivity index (χ3v) is 3.10. The van der Waals surface area contributed by atoms with Gasteiger partial charge < -0.3 is 0 Å². The van der Waals surface area contributed by atoms with Crippen molar-refractivity contribution in [1.29, 1.82) is 0 Å². The number of carbonyl (C=O) groups excluding carboxylic acids is 1. The summed E-state index contributed by atoms with van der Waals surface area (Å²) < 4.78 is 37.5. The van der Waals surface area contributed by atoms with E-state index in [-0.39, 0.29) is 0 Å². The van der Waals surface area contributed by atoms with Crippen molar-refractivity contribution in [3.05, 3.63) is 34.7 Å². The van der Waals surface area contributed by atoms with E-state index in [1.807, 2.05) is 0 Å². The smallest absolute Gasteiger partial charge is 0.298 e. The third-order valence-electron chi connectivity index (χ3n) is 1.96. The Morgan fingerprint density at radius 3 is 2.53 bits per heavy atom. The van der Waals surface area contributed by atoms with E-state index in [0.717, 1.165) is 6.07 Å². The lowest BCUT2D eigenvalue weighted by Crippen LogP contribution is -2.00. The topological polar surface area (TPSA) is 17.1 Å². The van der Waals surface area contributed by atoms with Gasteiger partial charge in [0.05, 0.1) is 0 Å². The molecule has 0 unspecified atom stereocenters. The highest BCUT2D eigenvalue weighted by Gasteiger charge is 2.32. The number of thiophene rings is 1. The van der Waals surface area contributed by atoms with Gasteiger partial charge in [0.15, 0.2) is 0 Å². The molecule has 0 aliphatic heterocycles. The molecule has 0 atom stereocenters. The highest BCUT2D eigenvalue weighted by Crippen LogP contribution is 2.38. The van der Waals surface area contributed by atoms with Crippen LogP contribution in [0.25, 0.3) is 10.1 Å². The number of benzene rings is 1. The second kappa shape index (κ2) is 3.34. The van der Waals surface area contributed by atoms with E-state index in [0.29, 0.717) is 33.3 Å². The lowest BCUT2D eigenvalue weighted by atomic mass is 10.2. The second-order valence-corrected chi connectivity index (χ2v) is 4.11. The minimum absolute atomic E-state index is 0.387. The van der Waals surface area contributed by atoms with Crippen molar-refractivity contribution in [2.75, 3.05) is 0 Å². The summed E-state index contributed by atoms with van der Waals surface area (Å²) in [5, 5.41) is 0.512. The van der Waals surface area contributed by atoms with Crippen LogP contribution in [0.15, 0.2) is 24.3 Å². The SMILES string of the molecule is O=Cc1ccc2cc(C(F)(F)F)sc2c1. The summed E-state index contributed by atoms with van der Waals surface area (Å²) in [6.45, 7) is 0. The molecule has 2 aromatic rings. The average Bonchev–Trinajstić information content (AvgIpc) is 2.59. The van der Waals surface area contributed by atoms with Crippen molar-refractivity contribution in [1.82, 2.24) is 0 Å². The summed E-state index contributed by atoms with van der Waals surface area (Å²) >= 11 is 0.650. The average molecular weight is 230 g/mol. The van der Waals surface area contributed by atoms with Crippen LogP contribution in [-0.2, 0) is 6.18 Å². The number of fused-ring (bicyclic) bond motifs is 1. The molecule has 15 heavy (non-hydrogen) atoms. The quantitative estimate of drug-likeness (QED) is 0.682. The normalized spacial score (nSPS) is 11.9. The lowest BCUT2D eigenvalue weighted by Gasteiger charge is -1.99. The molecule has 0 fully saturated rings. The number of alkyl halides is 3. The molecule has 78 valence electrons. The molecule has 0 aliphatic rings. The van der Waals surface area contributed by atoms with Crippen LogP contribution in [0.5, 0.6) is 0 Å². The number of aldehydes is 1. The van der Waals surface area contributed by atoms with Crippen LogP contribution in [0.3, 0.4) is 0 Å². The molecule has 0 N–H and O–H groups in total. The standard InChI is InChI=1S/C10H5F3OS/c11-10(12,13)9-4-7-2-1-6(5-14)3-8(7)15-9/h1-5H. The molecule has 1 aromatic heterocycles. The number of halogens is 3. The van der Waals surface area contributed by atoms with Gasteiger partial charge in [-0.05, 0) is 17.5 Å². The van der Waals surface area contributed by atoms with Crippen molar-refractivity contribution in [3.63, 3.8) is 0 Å². The molecule has 1 nitrogen and oxygen atoms in total. The van der Waals surface area contributed by atoms with E-state index < -0.39 is 11.1 Å². The monoisotopic (exact) mass is 230 g/mol. The van der Waals surface area contributed by atoms with Gasteiger partial charge in [0.1, 0.15) is 11.2 Å². The van der Waals surface area contributed by atoms with Crippen LogP contribution >= 0.6 is 11.3 Å². The Labute approximate surface area is 87.1 Å². The Bertz CT molecular complexity index is 513. The van der Waals surface area contributed by atoms with Gasteiger partial charge in [0, 0.05) is 10.3 Å². The van der Waals surface area contributed by atoms with Gasteiger partial charge in [-0.25, -0.2) is 0 Å². The van der Waals surface area contributed by atoms with Crippen molar-refractivity contribution >= 4 is 27.7 Å². The van der Waals surface area contributed by atoms with Gasteiger partial charge in [0.2, 0.25) is 0 Å². The summed E-state index contributed by atoms with van der Waals surface area (Å²) in [7, 11) is 0. The van der Waals surface area contributed by atoms with Gasteiger partial charge >= 0.3 is 6.18 Å². The minimum Gasteiger partial charge on any atom is -0.298 e. The molecule has 0 saturated heterocycles. The molecule has 1 heterocycles. The van der Waals surface area contributed by atoms with Crippen molar-refractivity contribution < 1.29 is 18.0 Å². The summed E-state index contributed by atoms with van der Waals surface area (Å²) in [4.78, 5) is 9.80. The van der Waals surface area contributed by atoms with Crippen LogP contribution in [0, 0.1) is 0 Å². The van der Waals surface area contributed by atoms with Crippen LogP contribution in [0.1, 0.15) is 15.2 Å². The molecule has 0 radical (unpaired) electrons. The highest BCUT2D eigenvalue weighted by atomic mass is 32.1. The first-order chi connectivity index (χ1) is 7.00. The largest absolute Gasteiger partial charge is 0.425 e. The number of hydrogen-bond acceptors (Lipinski definition) is 2. The van der Waals surface area contributed by atoms with Crippen LogP contribution in [-0.4, -0.2) is 6.29 Å². The Balaban J connectivity index is 2.61. The lowest BCUT2D eigenvalue weighted by molar-refractivity contribution is -0.134. The molecular weight excluding hydrogens is 225 g/mol. The molecule has 0 amide bonds. The zero-order valence-electron chi connectivity index (χ0n) is 7.34. The first-order valence-corrected chi connectivity index (χ1v) is 4.88. The van der Waals surface area contributed by atoms with Crippen LogP contribution in [0.2, 0.25) is 0 Å². The summed E-state index contributed by atoms with van der Waals surface area (Å²) in [5.41, 5.74) is 0.387. The van der Waals surface area contributed by atoms with Crippen LogP contribution < -0.4 is 0 Å². The molecule has 1 aromatic carbocycles. The fraction of sp³-hybridized carbons (Fsp3) is 0.100. The molecule has 5 heteroatoms. The first kappa shape index (κ1) is 10.2. The Morgan fingerprint density at radius 2 is 1.93 bits per heavy atom. The van der Waals surface area contributed by atoms with Crippen molar-refractivity contribution in [3.8, 4) is 0 Å². The Morgan fingerprint density at radius 1 is 1.20 bits per heavy atom. The fourth-order valence-corrected chi connectivity index (χ4v) is 2.24. The summed E-state index contributed by atoms with van der Waals surface area (Å²) in [5.74, 6) is 0. The van der Waals surface area contributed by atoms with E-state index in [9.17, 15) is 18.0 Å². The first-order valence-electron chi connectivity index (χ1n) is 4.06. The van der Waals surface area contributed by atoms with E-state index >= 15 is 0 Å². The van der Waals surface area contributed by atoms with Crippen molar-refractivity contribution in [2.45, 2.75) is 6.18 Å². The van der Waals surface area contributed by atoms with Gasteiger partial charge in [0.25, 0.3) is 0 Å². The predicted molar refractivity (Wildman–Crippen MR) is 52.2 cm³/mol. The molecular formula is C10H5F3OS. The number of carbonyl (C=O) groups is 1.